The van der Waals surface area contributed by atoms with E-state index in [1.165, 1.54) is 12.1 Å². The molecular weight excluding hydrogens is 484 g/mol. The number of nitrogens with zero attached hydrogens (tertiary/aromatic N) is 3. The van der Waals surface area contributed by atoms with Gasteiger partial charge >= 0.3 is 0 Å². The van der Waals surface area contributed by atoms with Crippen molar-refractivity contribution in [2.24, 2.45) is 4.99 Å². The normalized spacial score (nSPS) is 17.5. The Labute approximate surface area is 192 Å². The lowest BCUT2D eigenvalue weighted by atomic mass is 10.0. The van der Waals surface area contributed by atoms with Gasteiger partial charge in [0.1, 0.15) is 5.82 Å². The minimum atomic E-state index is -0.208. The van der Waals surface area contributed by atoms with Crippen LogP contribution < -0.4 is 10.6 Å². The van der Waals surface area contributed by atoms with Crippen molar-refractivity contribution in [1.82, 2.24) is 20.4 Å². The molecule has 1 fully saturated rings. The third-order valence-corrected chi connectivity index (χ3v) is 5.43. The first-order valence-electron chi connectivity index (χ1n) is 10.3. The summed E-state index contributed by atoms with van der Waals surface area (Å²) in [6.07, 6.45) is 0. The maximum atomic E-state index is 13.4. The topological polar surface area (TPSA) is 52.1 Å². The van der Waals surface area contributed by atoms with Crippen molar-refractivity contribution in [3.05, 3.63) is 35.6 Å². The largest absolute Gasteiger partial charge is 0.379 e. The highest BCUT2D eigenvalue weighted by molar-refractivity contribution is 14.0. The van der Waals surface area contributed by atoms with Crippen LogP contribution >= 0.6 is 24.0 Å². The number of hydrogen-bond acceptors (Lipinski definition) is 4. The molecule has 6 nitrogen and oxygen atoms in total. The van der Waals surface area contributed by atoms with E-state index < -0.39 is 0 Å². The first-order valence-corrected chi connectivity index (χ1v) is 10.3. The van der Waals surface area contributed by atoms with Crippen LogP contribution in [0, 0.1) is 5.82 Å². The van der Waals surface area contributed by atoms with Crippen molar-refractivity contribution >= 4 is 29.9 Å². The number of rotatable bonds is 9. The summed E-state index contributed by atoms with van der Waals surface area (Å²) in [7, 11) is 1.79. The minimum Gasteiger partial charge on any atom is -0.379 e. The van der Waals surface area contributed by atoms with E-state index in [1.54, 1.807) is 7.05 Å². The highest BCUT2D eigenvalue weighted by atomic mass is 127. The predicted molar refractivity (Wildman–Crippen MR) is 129 cm³/mol. The minimum absolute atomic E-state index is 0. The monoisotopic (exact) mass is 521 g/mol. The van der Waals surface area contributed by atoms with Gasteiger partial charge in [-0.1, -0.05) is 26.0 Å². The number of benzene rings is 1. The summed E-state index contributed by atoms with van der Waals surface area (Å²) in [5.74, 6) is 0.583. The molecule has 2 N–H and O–H groups in total. The van der Waals surface area contributed by atoms with Crippen molar-refractivity contribution in [1.29, 1.82) is 0 Å². The second kappa shape index (κ2) is 14.1. The number of guanidine groups is 1. The predicted octanol–water partition coefficient (Wildman–Crippen LogP) is 2.71. The quantitative estimate of drug-likeness (QED) is 0.298. The molecule has 2 unspecified atom stereocenters. The van der Waals surface area contributed by atoms with Gasteiger partial charge in [-0.2, -0.15) is 0 Å². The Morgan fingerprint density at radius 1 is 1.14 bits per heavy atom. The molecular formula is C21H37FIN5O. The molecule has 0 aliphatic carbocycles. The van der Waals surface area contributed by atoms with Gasteiger partial charge in [0.15, 0.2) is 5.96 Å². The van der Waals surface area contributed by atoms with Crippen LogP contribution in [0.4, 0.5) is 4.39 Å². The first kappa shape index (κ1) is 26.1. The maximum Gasteiger partial charge on any atom is 0.191 e. The molecule has 0 aromatic heterocycles. The molecule has 166 valence electrons. The zero-order chi connectivity index (χ0) is 20.4. The first-order chi connectivity index (χ1) is 13.6. The Balaban J connectivity index is 0.00000420. The summed E-state index contributed by atoms with van der Waals surface area (Å²) >= 11 is 0. The highest BCUT2D eigenvalue weighted by Crippen LogP contribution is 2.21. The Morgan fingerprint density at radius 3 is 2.28 bits per heavy atom. The van der Waals surface area contributed by atoms with Crippen LogP contribution in [-0.2, 0) is 4.74 Å². The number of halogens is 2. The third-order valence-electron chi connectivity index (χ3n) is 5.43. The fourth-order valence-corrected chi connectivity index (χ4v) is 3.67. The van der Waals surface area contributed by atoms with E-state index in [0.29, 0.717) is 12.6 Å². The van der Waals surface area contributed by atoms with Gasteiger partial charge < -0.3 is 15.4 Å². The molecule has 1 aromatic carbocycles. The molecule has 1 aliphatic heterocycles. The van der Waals surface area contributed by atoms with Gasteiger partial charge in [0.2, 0.25) is 0 Å². The summed E-state index contributed by atoms with van der Waals surface area (Å²) in [5.41, 5.74) is 1.10. The van der Waals surface area contributed by atoms with Crippen molar-refractivity contribution in [2.45, 2.75) is 32.9 Å². The number of likely N-dealkylation sites (N-methyl/N-ethyl adjacent to an activating group) is 1. The van der Waals surface area contributed by atoms with Gasteiger partial charge in [-0.15, -0.1) is 24.0 Å². The Morgan fingerprint density at radius 2 is 1.72 bits per heavy atom. The average Bonchev–Trinajstić information content (AvgIpc) is 2.73. The number of aliphatic imine (C=N–C) groups is 1. The van der Waals surface area contributed by atoms with E-state index in [4.69, 9.17) is 4.74 Å². The van der Waals surface area contributed by atoms with E-state index >= 15 is 0 Å². The lowest BCUT2D eigenvalue weighted by Crippen LogP contribution is -2.49. The van der Waals surface area contributed by atoms with E-state index in [2.05, 4.69) is 46.2 Å². The number of morpholine rings is 1. The van der Waals surface area contributed by atoms with Crippen molar-refractivity contribution in [3.8, 4) is 0 Å². The van der Waals surface area contributed by atoms with Crippen LogP contribution in [-0.4, -0.2) is 81.3 Å². The molecule has 29 heavy (non-hydrogen) atoms. The summed E-state index contributed by atoms with van der Waals surface area (Å²) in [5, 5.41) is 6.89. The lowest BCUT2D eigenvalue weighted by molar-refractivity contribution is 0.0170. The van der Waals surface area contributed by atoms with Crippen molar-refractivity contribution < 1.29 is 9.13 Å². The third kappa shape index (κ3) is 8.35. The fourth-order valence-electron chi connectivity index (χ4n) is 3.67. The Bertz CT molecular complexity index is 591. The van der Waals surface area contributed by atoms with Crippen molar-refractivity contribution in [3.63, 3.8) is 0 Å². The Hall–Kier alpha value is -0.970. The molecule has 1 heterocycles. The van der Waals surface area contributed by atoms with Gasteiger partial charge in [-0.25, -0.2) is 4.39 Å². The smallest absolute Gasteiger partial charge is 0.191 e. The number of nitrogens with one attached hydrogen (secondary N) is 2. The van der Waals surface area contributed by atoms with Gasteiger partial charge in [0.25, 0.3) is 0 Å². The van der Waals surface area contributed by atoms with Gasteiger partial charge in [0.05, 0.1) is 19.3 Å². The molecule has 1 saturated heterocycles. The van der Waals surface area contributed by atoms with Gasteiger partial charge in [0, 0.05) is 39.3 Å². The molecule has 1 aromatic rings. The molecule has 2 atom stereocenters. The van der Waals surface area contributed by atoms with Crippen LogP contribution in [0.15, 0.2) is 29.3 Å². The standard InChI is InChI=1S/C21H36FN5O.HI/c1-5-26(6-2)17(3)15-24-21(23-4)25-16-20(27-11-13-28-14-12-27)18-7-9-19(22)10-8-18;/h7-10,17,20H,5-6,11-16H2,1-4H3,(H2,23,24,25);1H. The van der Waals surface area contributed by atoms with Crippen molar-refractivity contribution in [2.75, 3.05) is 59.5 Å². The summed E-state index contributed by atoms with van der Waals surface area (Å²) in [4.78, 5) is 9.17. The molecule has 0 spiro atoms. The highest BCUT2D eigenvalue weighted by Gasteiger charge is 2.23. The van der Waals surface area contributed by atoms with E-state index in [1.807, 2.05) is 12.1 Å². The molecule has 0 bridgehead atoms. The van der Waals surface area contributed by atoms with E-state index in [-0.39, 0.29) is 35.8 Å². The fraction of sp³-hybridized carbons (Fsp3) is 0.667. The molecule has 0 saturated carbocycles. The molecule has 8 heteroatoms. The second-order valence-electron chi connectivity index (χ2n) is 7.12. The molecule has 2 rings (SSSR count). The summed E-state index contributed by atoms with van der Waals surface area (Å²) in [6, 6.07) is 7.37. The van der Waals surface area contributed by atoms with Crippen LogP contribution in [0.2, 0.25) is 0 Å². The van der Waals surface area contributed by atoms with Crippen LogP contribution in [0.5, 0.6) is 0 Å². The molecule has 0 amide bonds. The molecule has 1 aliphatic rings. The second-order valence-corrected chi connectivity index (χ2v) is 7.12. The molecule has 0 radical (unpaired) electrons. The number of ether oxygens (including phenoxy) is 1. The van der Waals surface area contributed by atoms with Crippen LogP contribution in [0.25, 0.3) is 0 Å². The average molecular weight is 521 g/mol. The van der Waals surface area contributed by atoms with E-state index in [0.717, 1.165) is 57.5 Å². The number of hydrogen-bond donors (Lipinski definition) is 2. The summed E-state index contributed by atoms with van der Waals surface area (Å²) in [6.45, 7) is 13.4. The maximum absolute atomic E-state index is 13.4. The Kier molecular flexibility index (Phi) is 12.7. The zero-order valence-corrected chi connectivity index (χ0v) is 20.5. The van der Waals surface area contributed by atoms with Crippen LogP contribution in [0.1, 0.15) is 32.4 Å². The van der Waals surface area contributed by atoms with Crippen LogP contribution in [0.3, 0.4) is 0 Å². The van der Waals surface area contributed by atoms with Gasteiger partial charge in [-0.3, -0.25) is 14.8 Å². The zero-order valence-electron chi connectivity index (χ0n) is 18.2. The summed E-state index contributed by atoms with van der Waals surface area (Å²) < 4.78 is 18.9. The SMILES string of the molecule is CCN(CC)C(C)CNC(=NC)NCC(c1ccc(F)cc1)N1CCOCC1.I. The lowest BCUT2D eigenvalue weighted by Gasteiger charge is -2.35. The van der Waals surface area contributed by atoms with Gasteiger partial charge in [-0.05, 0) is 37.7 Å². The van der Waals surface area contributed by atoms with E-state index in [9.17, 15) is 4.39 Å².